The number of benzene rings is 1. The Bertz CT molecular complexity index is 419. The van der Waals surface area contributed by atoms with Gasteiger partial charge in [-0.2, -0.15) is 0 Å². The fourth-order valence-corrected chi connectivity index (χ4v) is 2.24. The van der Waals surface area contributed by atoms with Crippen LogP contribution in [0.15, 0.2) is 24.3 Å². The van der Waals surface area contributed by atoms with Crippen molar-refractivity contribution in [2.75, 3.05) is 24.6 Å². The van der Waals surface area contributed by atoms with Crippen LogP contribution in [0.1, 0.15) is 18.4 Å². The van der Waals surface area contributed by atoms with Crippen LogP contribution in [-0.4, -0.2) is 36.9 Å². The number of rotatable bonds is 4. The Balaban J connectivity index is 1.96. The molecule has 98 valence electrons. The zero-order chi connectivity index (χ0) is 13.0. The van der Waals surface area contributed by atoms with E-state index < -0.39 is 5.97 Å². The SMILES string of the molecule is Cc1cccc(N2CCOC(CCC(=O)O)C2)c1. The van der Waals surface area contributed by atoms with Gasteiger partial charge in [-0.05, 0) is 31.0 Å². The van der Waals surface area contributed by atoms with E-state index in [-0.39, 0.29) is 12.5 Å². The number of aryl methyl sites for hydroxylation is 1. The van der Waals surface area contributed by atoms with E-state index in [1.54, 1.807) is 0 Å². The molecule has 1 heterocycles. The van der Waals surface area contributed by atoms with Gasteiger partial charge in [0.2, 0.25) is 0 Å². The fourth-order valence-electron chi connectivity index (χ4n) is 2.24. The van der Waals surface area contributed by atoms with E-state index in [9.17, 15) is 4.79 Å². The molecule has 0 saturated carbocycles. The Hall–Kier alpha value is -1.55. The van der Waals surface area contributed by atoms with Gasteiger partial charge in [0.25, 0.3) is 0 Å². The number of ether oxygens (including phenoxy) is 1. The highest BCUT2D eigenvalue weighted by Crippen LogP contribution is 2.20. The Labute approximate surface area is 107 Å². The Morgan fingerprint density at radius 1 is 1.56 bits per heavy atom. The maximum absolute atomic E-state index is 10.6. The summed E-state index contributed by atoms with van der Waals surface area (Å²) in [6.45, 7) is 4.38. The predicted molar refractivity (Wildman–Crippen MR) is 70.0 cm³/mol. The Morgan fingerprint density at radius 3 is 3.11 bits per heavy atom. The van der Waals surface area contributed by atoms with Crippen molar-refractivity contribution in [1.82, 2.24) is 0 Å². The van der Waals surface area contributed by atoms with Crippen LogP contribution in [0.25, 0.3) is 0 Å². The molecule has 1 N–H and O–H groups in total. The number of morpholine rings is 1. The van der Waals surface area contributed by atoms with Crippen LogP contribution < -0.4 is 4.90 Å². The molecule has 0 spiro atoms. The molecule has 1 atom stereocenters. The molecule has 2 rings (SSSR count). The molecule has 4 heteroatoms. The first-order valence-corrected chi connectivity index (χ1v) is 6.30. The molecular formula is C14H19NO3. The lowest BCUT2D eigenvalue weighted by Crippen LogP contribution is -2.42. The van der Waals surface area contributed by atoms with Gasteiger partial charge in [-0.15, -0.1) is 0 Å². The normalized spacial score (nSPS) is 19.8. The van der Waals surface area contributed by atoms with Crippen molar-refractivity contribution in [1.29, 1.82) is 0 Å². The smallest absolute Gasteiger partial charge is 0.303 e. The molecule has 0 aromatic heterocycles. The van der Waals surface area contributed by atoms with Crippen molar-refractivity contribution < 1.29 is 14.6 Å². The van der Waals surface area contributed by atoms with E-state index in [0.717, 1.165) is 13.1 Å². The highest BCUT2D eigenvalue weighted by molar-refractivity contribution is 5.66. The molecule has 1 unspecified atom stereocenters. The first kappa shape index (κ1) is 12.9. The average molecular weight is 249 g/mol. The molecule has 1 aliphatic rings. The second-order valence-electron chi connectivity index (χ2n) is 4.71. The Morgan fingerprint density at radius 2 is 2.39 bits per heavy atom. The molecule has 18 heavy (non-hydrogen) atoms. The molecule has 0 amide bonds. The summed E-state index contributed by atoms with van der Waals surface area (Å²) in [6, 6.07) is 8.37. The second kappa shape index (κ2) is 5.87. The Kier molecular flexibility index (Phi) is 4.20. The van der Waals surface area contributed by atoms with Crippen LogP contribution in [0.2, 0.25) is 0 Å². The third-order valence-corrected chi connectivity index (χ3v) is 3.19. The summed E-state index contributed by atoms with van der Waals surface area (Å²) < 4.78 is 5.61. The van der Waals surface area contributed by atoms with Crippen LogP contribution in [0.5, 0.6) is 0 Å². The van der Waals surface area contributed by atoms with E-state index >= 15 is 0 Å². The quantitative estimate of drug-likeness (QED) is 0.887. The summed E-state index contributed by atoms with van der Waals surface area (Å²) in [4.78, 5) is 12.8. The molecule has 0 aliphatic carbocycles. The van der Waals surface area contributed by atoms with Crippen LogP contribution in [0.3, 0.4) is 0 Å². The monoisotopic (exact) mass is 249 g/mol. The minimum atomic E-state index is -0.758. The number of aliphatic carboxylic acids is 1. The van der Waals surface area contributed by atoms with Crippen molar-refractivity contribution in [3.8, 4) is 0 Å². The van der Waals surface area contributed by atoms with E-state index in [1.165, 1.54) is 11.3 Å². The minimum absolute atomic E-state index is 0.0235. The first-order chi connectivity index (χ1) is 8.65. The van der Waals surface area contributed by atoms with Gasteiger partial charge < -0.3 is 14.7 Å². The highest BCUT2D eigenvalue weighted by atomic mass is 16.5. The largest absolute Gasteiger partial charge is 0.481 e. The first-order valence-electron chi connectivity index (χ1n) is 6.30. The lowest BCUT2D eigenvalue weighted by atomic mass is 10.1. The van der Waals surface area contributed by atoms with Gasteiger partial charge in [0.15, 0.2) is 0 Å². The number of carbonyl (C=O) groups is 1. The molecular weight excluding hydrogens is 230 g/mol. The summed E-state index contributed by atoms with van der Waals surface area (Å²) >= 11 is 0. The molecule has 1 saturated heterocycles. The minimum Gasteiger partial charge on any atom is -0.481 e. The van der Waals surface area contributed by atoms with Gasteiger partial charge in [-0.25, -0.2) is 0 Å². The third kappa shape index (κ3) is 3.47. The summed E-state index contributed by atoms with van der Waals surface area (Å²) in [6.07, 6.45) is 0.777. The van der Waals surface area contributed by atoms with Crippen LogP contribution in [0.4, 0.5) is 5.69 Å². The highest BCUT2D eigenvalue weighted by Gasteiger charge is 2.21. The maximum Gasteiger partial charge on any atom is 0.303 e. The van der Waals surface area contributed by atoms with Gasteiger partial charge in [-0.1, -0.05) is 12.1 Å². The van der Waals surface area contributed by atoms with Gasteiger partial charge in [0.1, 0.15) is 0 Å². The van der Waals surface area contributed by atoms with E-state index in [2.05, 4.69) is 30.0 Å². The molecule has 0 radical (unpaired) electrons. The maximum atomic E-state index is 10.6. The van der Waals surface area contributed by atoms with Crippen LogP contribution >= 0.6 is 0 Å². The number of nitrogens with zero attached hydrogens (tertiary/aromatic N) is 1. The van der Waals surface area contributed by atoms with E-state index in [0.29, 0.717) is 13.0 Å². The summed E-state index contributed by atoms with van der Waals surface area (Å²) in [5.74, 6) is -0.758. The third-order valence-electron chi connectivity index (χ3n) is 3.19. The summed E-state index contributed by atoms with van der Waals surface area (Å²) in [5, 5.41) is 8.69. The fraction of sp³-hybridized carbons (Fsp3) is 0.500. The number of hydrogen-bond acceptors (Lipinski definition) is 3. The lowest BCUT2D eigenvalue weighted by Gasteiger charge is -2.34. The number of hydrogen-bond donors (Lipinski definition) is 1. The molecule has 1 aromatic carbocycles. The topological polar surface area (TPSA) is 49.8 Å². The summed E-state index contributed by atoms with van der Waals surface area (Å²) in [5.41, 5.74) is 2.43. The van der Waals surface area contributed by atoms with E-state index in [4.69, 9.17) is 9.84 Å². The summed E-state index contributed by atoms with van der Waals surface area (Å²) in [7, 11) is 0. The standard InChI is InChI=1S/C14H19NO3/c1-11-3-2-4-12(9-11)15-7-8-18-13(10-15)5-6-14(16)17/h2-4,9,13H,5-8,10H2,1H3,(H,16,17). The van der Waals surface area contributed by atoms with E-state index in [1.807, 2.05) is 6.07 Å². The van der Waals surface area contributed by atoms with Gasteiger partial charge >= 0.3 is 5.97 Å². The number of anilines is 1. The van der Waals surface area contributed by atoms with Gasteiger partial charge in [-0.3, -0.25) is 4.79 Å². The molecule has 0 bridgehead atoms. The molecule has 1 aliphatic heterocycles. The van der Waals surface area contributed by atoms with Crippen molar-refractivity contribution in [2.24, 2.45) is 0 Å². The zero-order valence-corrected chi connectivity index (χ0v) is 10.6. The van der Waals surface area contributed by atoms with Crippen molar-refractivity contribution in [3.63, 3.8) is 0 Å². The van der Waals surface area contributed by atoms with Crippen molar-refractivity contribution in [2.45, 2.75) is 25.9 Å². The van der Waals surface area contributed by atoms with Gasteiger partial charge in [0.05, 0.1) is 12.7 Å². The predicted octanol–water partition coefficient (Wildman–Crippen LogP) is 2.07. The van der Waals surface area contributed by atoms with Crippen LogP contribution in [-0.2, 0) is 9.53 Å². The molecule has 1 fully saturated rings. The second-order valence-corrected chi connectivity index (χ2v) is 4.71. The van der Waals surface area contributed by atoms with Crippen LogP contribution in [0, 0.1) is 6.92 Å². The average Bonchev–Trinajstić information content (AvgIpc) is 2.37. The lowest BCUT2D eigenvalue weighted by molar-refractivity contribution is -0.137. The number of carboxylic acid groups (broad SMARTS) is 1. The zero-order valence-electron chi connectivity index (χ0n) is 10.6. The van der Waals surface area contributed by atoms with Gasteiger partial charge in [0, 0.05) is 25.2 Å². The van der Waals surface area contributed by atoms with Crippen molar-refractivity contribution >= 4 is 11.7 Å². The van der Waals surface area contributed by atoms with Crippen molar-refractivity contribution in [3.05, 3.63) is 29.8 Å². The number of carboxylic acids is 1. The molecule has 4 nitrogen and oxygen atoms in total. The molecule has 1 aromatic rings.